The molecule has 0 spiro atoms. The van der Waals surface area contributed by atoms with Gasteiger partial charge in [-0.2, -0.15) is 0 Å². The monoisotopic (exact) mass is 340 g/mol. The molecule has 0 bridgehead atoms. The molecule has 8 heteroatoms. The highest BCUT2D eigenvalue weighted by molar-refractivity contribution is 5.97. The Morgan fingerprint density at radius 1 is 1.08 bits per heavy atom. The van der Waals surface area contributed by atoms with Crippen LogP contribution in [0.25, 0.3) is 0 Å². The van der Waals surface area contributed by atoms with Crippen LogP contribution in [0.3, 0.4) is 0 Å². The van der Waals surface area contributed by atoms with E-state index in [1.54, 1.807) is 18.6 Å². The molecule has 0 atom stereocenters. The molecule has 2 aromatic rings. The first-order valence-corrected chi connectivity index (χ1v) is 8.57. The number of hydrogen-bond acceptors (Lipinski definition) is 7. The van der Waals surface area contributed by atoms with Crippen LogP contribution in [0.4, 0.5) is 11.5 Å². The lowest BCUT2D eigenvalue weighted by Gasteiger charge is -2.23. The molecule has 2 aromatic heterocycles. The molecule has 0 radical (unpaired) electrons. The molecule has 25 heavy (non-hydrogen) atoms. The van der Waals surface area contributed by atoms with Gasteiger partial charge >= 0.3 is 0 Å². The SMILES string of the molecule is O=C(NC1CCOCC1)c1nc(C2CC2)cnc1Nc1cncnc1. The molecule has 3 heterocycles. The van der Waals surface area contributed by atoms with E-state index in [0.29, 0.717) is 36.3 Å². The van der Waals surface area contributed by atoms with Gasteiger partial charge in [0.2, 0.25) is 0 Å². The fourth-order valence-electron chi connectivity index (χ4n) is 2.82. The van der Waals surface area contributed by atoms with Gasteiger partial charge in [-0.15, -0.1) is 0 Å². The molecule has 2 N–H and O–H groups in total. The molecule has 8 nitrogen and oxygen atoms in total. The van der Waals surface area contributed by atoms with Crippen LogP contribution in [-0.2, 0) is 4.74 Å². The maximum Gasteiger partial charge on any atom is 0.273 e. The Bertz CT molecular complexity index is 744. The highest BCUT2D eigenvalue weighted by atomic mass is 16.5. The number of nitrogens with one attached hydrogen (secondary N) is 2. The van der Waals surface area contributed by atoms with Crippen molar-refractivity contribution in [3.63, 3.8) is 0 Å². The van der Waals surface area contributed by atoms with E-state index >= 15 is 0 Å². The third kappa shape index (κ3) is 3.90. The zero-order valence-corrected chi connectivity index (χ0v) is 13.8. The van der Waals surface area contributed by atoms with Crippen molar-refractivity contribution in [2.24, 2.45) is 0 Å². The molecule has 4 rings (SSSR count). The van der Waals surface area contributed by atoms with E-state index in [0.717, 1.165) is 31.4 Å². The fraction of sp³-hybridized carbons (Fsp3) is 0.471. The first-order valence-electron chi connectivity index (χ1n) is 8.57. The topological polar surface area (TPSA) is 102 Å². The number of nitrogens with zero attached hydrogens (tertiary/aromatic N) is 4. The molecule has 1 aliphatic heterocycles. The smallest absolute Gasteiger partial charge is 0.273 e. The van der Waals surface area contributed by atoms with Crippen molar-refractivity contribution < 1.29 is 9.53 Å². The van der Waals surface area contributed by atoms with Crippen LogP contribution in [0.1, 0.15) is 47.8 Å². The van der Waals surface area contributed by atoms with Gasteiger partial charge in [-0.3, -0.25) is 4.79 Å². The maximum absolute atomic E-state index is 12.8. The minimum Gasteiger partial charge on any atom is -0.381 e. The number of ether oxygens (including phenoxy) is 1. The number of aromatic nitrogens is 4. The molecule has 1 aliphatic carbocycles. The predicted octanol–water partition coefficient (Wildman–Crippen LogP) is 1.80. The third-order valence-corrected chi connectivity index (χ3v) is 4.38. The van der Waals surface area contributed by atoms with E-state index < -0.39 is 0 Å². The van der Waals surface area contributed by atoms with Crippen molar-refractivity contribution in [2.45, 2.75) is 37.6 Å². The van der Waals surface area contributed by atoms with Crippen LogP contribution in [-0.4, -0.2) is 45.1 Å². The van der Waals surface area contributed by atoms with Crippen molar-refractivity contribution in [1.82, 2.24) is 25.3 Å². The second-order valence-electron chi connectivity index (χ2n) is 6.38. The summed E-state index contributed by atoms with van der Waals surface area (Å²) in [5.74, 6) is 0.640. The van der Waals surface area contributed by atoms with Gasteiger partial charge in [-0.1, -0.05) is 0 Å². The lowest BCUT2D eigenvalue weighted by molar-refractivity contribution is 0.0694. The van der Waals surface area contributed by atoms with Gasteiger partial charge in [-0.05, 0) is 25.7 Å². The Labute approximate surface area is 145 Å². The van der Waals surface area contributed by atoms with Crippen molar-refractivity contribution in [3.05, 3.63) is 36.3 Å². The molecular formula is C17H20N6O2. The Morgan fingerprint density at radius 2 is 1.84 bits per heavy atom. The quantitative estimate of drug-likeness (QED) is 0.855. The largest absolute Gasteiger partial charge is 0.381 e. The molecule has 1 saturated heterocycles. The highest BCUT2D eigenvalue weighted by Gasteiger charge is 2.28. The fourth-order valence-corrected chi connectivity index (χ4v) is 2.82. The average Bonchev–Trinajstić information content (AvgIpc) is 3.49. The van der Waals surface area contributed by atoms with Gasteiger partial charge in [0.1, 0.15) is 6.33 Å². The van der Waals surface area contributed by atoms with Crippen LogP contribution < -0.4 is 10.6 Å². The normalized spacial score (nSPS) is 17.9. The van der Waals surface area contributed by atoms with Gasteiger partial charge in [0, 0.05) is 25.2 Å². The molecule has 0 aromatic carbocycles. The Kier molecular flexibility index (Phi) is 4.51. The lowest BCUT2D eigenvalue weighted by Crippen LogP contribution is -2.39. The van der Waals surface area contributed by atoms with E-state index in [1.165, 1.54) is 6.33 Å². The first kappa shape index (κ1) is 15.9. The second-order valence-corrected chi connectivity index (χ2v) is 6.38. The molecule has 1 amide bonds. The van der Waals surface area contributed by atoms with E-state index in [9.17, 15) is 4.79 Å². The summed E-state index contributed by atoms with van der Waals surface area (Å²) < 4.78 is 5.34. The minimum atomic E-state index is -0.207. The molecule has 1 saturated carbocycles. The number of amides is 1. The van der Waals surface area contributed by atoms with E-state index in [2.05, 4.69) is 30.6 Å². The maximum atomic E-state index is 12.8. The van der Waals surface area contributed by atoms with Gasteiger partial charge in [0.05, 0.1) is 30.0 Å². The summed E-state index contributed by atoms with van der Waals surface area (Å²) in [5, 5.41) is 6.15. The van der Waals surface area contributed by atoms with Crippen molar-refractivity contribution in [1.29, 1.82) is 0 Å². The Morgan fingerprint density at radius 3 is 2.56 bits per heavy atom. The van der Waals surface area contributed by atoms with Crippen LogP contribution in [0.15, 0.2) is 24.9 Å². The molecule has 2 aliphatic rings. The van der Waals surface area contributed by atoms with E-state index in [4.69, 9.17) is 4.74 Å². The average molecular weight is 340 g/mol. The van der Waals surface area contributed by atoms with Crippen molar-refractivity contribution in [3.8, 4) is 0 Å². The molecule has 0 unspecified atom stereocenters. The van der Waals surface area contributed by atoms with Crippen LogP contribution >= 0.6 is 0 Å². The zero-order valence-electron chi connectivity index (χ0n) is 13.8. The minimum absolute atomic E-state index is 0.112. The Balaban J connectivity index is 1.58. The number of carbonyl (C=O) groups excluding carboxylic acids is 1. The van der Waals surface area contributed by atoms with Crippen LogP contribution in [0.2, 0.25) is 0 Å². The number of rotatable bonds is 5. The summed E-state index contributed by atoms with van der Waals surface area (Å²) >= 11 is 0. The number of hydrogen-bond donors (Lipinski definition) is 2. The summed E-state index contributed by atoms with van der Waals surface area (Å²) in [6, 6.07) is 0.112. The van der Waals surface area contributed by atoms with Gasteiger partial charge < -0.3 is 15.4 Å². The van der Waals surface area contributed by atoms with Crippen molar-refractivity contribution in [2.75, 3.05) is 18.5 Å². The van der Waals surface area contributed by atoms with Crippen molar-refractivity contribution >= 4 is 17.4 Å². The zero-order chi connectivity index (χ0) is 17.1. The second kappa shape index (κ2) is 7.10. The third-order valence-electron chi connectivity index (χ3n) is 4.38. The standard InChI is InChI=1S/C17H20N6O2/c24-17(22-12-3-5-25-6-4-12)15-16(21-13-7-18-10-19-8-13)20-9-14(23-15)11-1-2-11/h7-12H,1-6H2,(H,20,21)(H,22,24). The molecule has 130 valence electrons. The highest BCUT2D eigenvalue weighted by Crippen LogP contribution is 2.39. The summed E-state index contributed by atoms with van der Waals surface area (Å²) in [4.78, 5) is 29.8. The number of anilines is 2. The first-order chi connectivity index (χ1) is 12.3. The van der Waals surface area contributed by atoms with E-state index in [1.807, 2.05) is 0 Å². The summed E-state index contributed by atoms with van der Waals surface area (Å²) in [7, 11) is 0. The predicted molar refractivity (Wildman–Crippen MR) is 90.6 cm³/mol. The summed E-state index contributed by atoms with van der Waals surface area (Å²) in [5.41, 5.74) is 1.86. The van der Waals surface area contributed by atoms with E-state index in [-0.39, 0.29) is 11.9 Å². The van der Waals surface area contributed by atoms with Crippen LogP contribution in [0, 0.1) is 0 Å². The van der Waals surface area contributed by atoms with Gasteiger partial charge in [-0.25, -0.2) is 19.9 Å². The Hall–Kier alpha value is -2.61. The number of carbonyl (C=O) groups is 1. The van der Waals surface area contributed by atoms with Gasteiger partial charge in [0.25, 0.3) is 5.91 Å². The summed E-state index contributed by atoms with van der Waals surface area (Å²) in [6.45, 7) is 1.34. The van der Waals surface area contributed by atoms with Crippen LogP contribution in [0.5, 0.6) is 0 Å². The molecular weight excluding hydrogens is 320 g/mol. The lowest BCUT2D eigenvalue weighted by atomic mass is 10.1. The summed E-state index contributed by atoms with van der Waals surface area (Å²) in [6.07, 6.45) is 10.3. The van der Waals surface area contributed by atoms with Gasteiger partial charge in [0.15, 0.2) is 11.5 Å². The molecule has 2 fully saturated rings.